The Morgan fingerprint density at radius 2 is 1.88 bits per heavy atom. The van der Waals surface area contributed by atoms with Crippen molar-refractivity contribution in [3.8, 4) is 5.69 Å². The normalized spacial score (nSPS) is 17.0. The Kier molecular flexibility index (Phi) is 4.86. The number of nitrogens with one attached hydrogen (secondary N) is 1. The van der Waals surface area contributed by atoms with Crippen LogP contribution in [0.5, 0.6) is 0 Å². The van der Waals surface area contributed by atoms with E-state index < -0.39 is 11.7 Å². The molecule has 0 saturated heterocycles. The summed E-state index contributed by atoms with van der Waals surface area (Å²) < 4.78 is 16.1. The molecular formula is C24H18FN5OS. The average Bonchev–Trinajstić information content (AvgIpc) is 3.40. The summed E-state index contributed by atoms with van der Waals surface area (Å²) in [5, 5.41) is 14.8. The zero-order chi connectivity index (χ0) is 22.4. The number of carbonyl (C=O) groups excluding carboxylic acids is 1. The first-order chi connectivity index (χ1) is 15.4. The van der Waals surface area contributed by atoms with E-state index in [-0.39, 0.29) is 16.6 Å². The third-order valence-corrected chi connectivity index (χ3v) is 6.34. The Labute approximate surface area is 188 Å². The van der Waals surface area contributed by atoms with E-state index in [4.69, 9.17) is 5.41 Å². The summed E-state index contributed by atoms with van der Waals surface area (Å²) in [7, 11) is 0. The van der Waals surface area contributed by atoms with Crippen molar-refractivity contribution in [2.24, 2.45) is 10.1 Å². The Morgan fingerprint density at radius 1 is 1.06 bits per heavy atom. The minimum absolute atomic E-state index is 0.0910. The number of aryl methyl sites for hydroxylation is 2. The third-order valence-electron chi connectivity index (χ3n) is 5.40. The first-order valence-electron chi connectivity index (χ1n) is 9.92. The largest absolute Gasteiger partial charge is 0.317 e. The molecule has 0 radical (unpaired) electrons. The van der Waals surface area contributed by atoms with Crippen molar-refractivity contribution in [2.75, 3.05) is 0 Å². The number of hydrazone groups is 1. The summed E-state index contributed by atoms with van der Waals surface area (Å²) in [5.41, 5.74) is 4.49. The topological polar surface area (TPSA) is 73.8 Å². The molecule has 0 saturated carbocycles. The molecule has 0 spiro atoms. The van der Waals surface area contributed by atoms with E-state index in [2.05, 4.69) is 23.1 Å². The summed E-state index contributed by atoms with van der Waals surface area (Å²) in [5.74, 6) is -1.03. The molecule has 0 unspecified atom stereocenters. The highest BCUT2D eigenvalue weighted by atomic mass is 32.2. The van der Waals surface area contributed by atoms with Crippen LogP contribution in [-0.2, 0) is 4.79 Å². The van der Waals surface area contributed by atoms with Crippen molar-refractivity contribution >= 4 is 39.8 Å². The Morgan fingerprint density at radius 3 is 2.66 bits per heavy atom. The van der Waals surface area contributed by atoms with Crippen molar-refractivity contribution in [3.05, 3.63) is 94.6 Å². The lowest BCUT2D eigenvalue weighted by Crippen LogP contribution is -2.35. The molecule has 0 fully saturated rings. The highest BCUT2D eigenvalue weighted by Crippen LogP contribution is 2.32. The number of amidine groups is 2. The van der Waals surface area contributed by atoms with Crippen LogP contribution in [0.15, 0.2) is 76.5 Å². The van der Waals surface area contributed by atoms with E-state index in [9.17, 15) is 9.18 Å². The van der Waals surface area contributed by atoms with E-state index in [1.165, 1.54) is 16.6 Å². The van der Waals surface area contributed by atoms with Gasteiger partial charge < -0.3 is 4.57 Å². The summed E-state index contributed by atoms with van der Waals surface area (Å²) in [6.07, 6.45) is 3.55. The highest BCUT2D eigenvalue weighted by molar-refractivity contribution is 8.27. The summed E-state index contributed by atoms with van der Waals surface area (Å²) in [4.78, 5) is 16.9. The van der Waals surface area contributed by atoms with Gasteiger partial charge in [-0.05, 0) is 79.2 Å². The van der Waals surface area contributed by atoms with E-state index >= 15 is 0 Å². The molecule has 1 N–H and O–H groups in total. The monoisotopic (exact) mass is 443 g/mol. The lowest BCUT2D eigenvalue weighted by atomic mass is 10.1. The number of nitrogens with zero attached hydrogens (tertiary/aromatic N) is 4. The van der Waals surface area contributed by atoms with Crippen LogP contribution in [0.1, 0.15) is 22.4 Å². The van der Waals surface area contributed by atoms with Gasteiger partial charge in [-0.15, -0.1) is 0 Å². The van der Waals surface area contributed by atoms with Crippen LogP contribution >= 0.6 is 11.8 Å². The molecule has 1 amide bonds. The number of aliphatic imine (C=N–C) groups is 1. The maximum atomic E-state index is 14.2. The Bertz CT molecular complexity index is 1380. The number of rotatable bonds is 3. The van der Waals surface area contributed by atoms with Crippen LogP contribution in [0, 0.1) is 25.1 Å². The maximum absolute atomic E-state index is 14.2. The molecule has 1 aromatic heterocycles. The smallest absolute Gasteiger partial charge is 0.283 e. The van der Waals surface area contributed by atoms with Crippen molar-refractivity contribution in [3.63, 3.8) is 0 Å². The molecule has 2 aliphatic heterocycles. The molecule has 2 aromatic carbocycles. The quantitative estimate of drug-likeness (QED) is 0.585. The van der Waals surface area contributed by atoms with Gasteiger partial charge in [-0.2, -0.15) is 15.1 Å². The number of fused-ring (bicyclic) bond motifs is 1. The van der Waals surface area contributed by atoms with Crippen LogP contribution in [0.25, 0.3) is 11.8 Å². The van der Waals surface area contributed by atoms with Crippen molar-refractivity contribution in [1.82, 2.24) is 9.58 Å². The zero-order valence-electron chi connectivity index (χ0n) is 17.3. The lowest BCUT2D eigenvalue weighted by Gasteiger charge is -2.20. The number of aromatic nitrogens is 1. The molecule has 6 nitrogen and oxygen atoms in total. The molecule has 0 bridgehead atoms. The second-order valence-corrected chi connectivity index (χ2v) is 8.43. The van der Waals surface area contributed by atoms with Gasteiger partial charge in [0, 0.05) is 23.1 Å². The van der Waals surface area contributed by atoms with Gasteiger partial charge in [-0.25, -0.2) is 4.39 Å². The number of halogens is 1. The van der Waals surface area contributed by atoms with E-state index in [1.807, 2.05) is 42.0 Å². The second-order valence-electron chi connectivity index (χ2n) is 7.48. The van der Waals surface area contributed by atoms with Crippen molar-refractivity contribution in [2.45, 2.75) is 13.8 Å². The van der Waals surface area contributed by atoms with Gasteiger partial charge in [0.15, 0.2) is 5.84 Å². The second kappa shape index (κ2) is 7.72. The molecule has 0 aliphatic carbocycles. The molecule has 3 heterocycles. The number of hydrogen-bond donors (Lipinski definition) is 1. The van der Waals surface area contributed by atoms with Crippen LogP contribution in [-0.4, -0.2) is 31.5 Å². The van der Waals surface area contributed by atoms with Gasteiger partial charge in [-0.3, -0.25) is 10.2 Å². The van der Waals surface area contributed by atoms with E-state index in [0.717, 1.165) is 28.7 Å². The third kappa shape index (κ3) is 3.38. The summed E-state index contributed by atoms with van der Waals surface area (Å²) >= 11 is 1.07. The fourth-order valence-electron chi connectivity index (χ4n) is 3.51. The average molecular weight is 444 g/mol. The molecule has 8 heteroatoms. The zero-order valence-corrected chi connectivity index (χ0v) is 18.2. The first kappa shape index (κ1) is 20.1. The van der Waals surface area contributed by atoms with Gasteiger partial charge in [0.1, 0.15) is 10.9 Å². The standard InChI is InChI=1S/C24H18FN5OS/c1-14-9-10-17(12-15(14)2)29-11-5-6-16(29)13-19-21(26)30-24(27-22(19)31)32-23(28-30)18-7-3-4-8-20(18)25/h3-13,26H,1-2H3/b19-13+,26-21?. The Hall–Kier alpha value is -3.78. The van der Waals surface area contributed by atoms with E-state index in [1.54, 1.807) is 24.3 Å². The molecule has 2 aliphatic rings. The fourth-order valence-corrected chi connectivity index (χ4v) is 4.42. The summed E-state index contributed by atoms with van der Waals surface area (Å²) in [6, 6.07) is 16.2. The van der Waals surface area contributed by atoms with Crippen molar-refractivity contribution in [1.29, 1.82) is 5.41 Å². The van der Waals surface area contributed by atoms with Gasteiger partial charge in [0.05, 0.1) is 5.57 Å². The van der Waals surface area contributed by atoms with Crippen LogP contribution in [0.2, 0.25) is 0 Å². The van der Waals surface area contributed by atoms with Crippen LogP contribution in [0.4, 0.5) is 4.39 Å². The van der Waals surface area contributed by atoms with Crippen LogP contribution < -0.4 is 0 Å². The van der Waals surface area contributed by atoms with Gasteiger partial charge in [0.2, 0.25) is 5.17 Å². The predicted molar refractivity (Wildman–Crippen MR) is 126 cm³/mol. The van der Waals surface area contributed by atoms with E-state index in [0.29, 0.717) is 10.6 Å². The number of amides is 1. The maximum Gasteiger partial charge on any atom is 0.283 e. The lowest BCUT2D eigenvalue weighted by molar-refractivity contribution is -0.114. The fraction of sp³-hybridized carbons (Fsp3) is 0.0833. The minimum atomic E-state index is -0.522. The Balaban J connectivity index is 1.51. The van der Waals surface area contributed by atoms with Crippen molar-refractivity contribution < 1.29 is 9.18 Å². The summed E-state index contributed by atoms with van der Waals surface area (Å²) in [6.45, 7) is 4.10. The van der Waals surface area contributed by atoms with Crippen LogP contribution in [0.3, 0.4) is 0 Å². The predicted octanol–water partition coefficient (Wildman–Crippen LogP) is 4.90. The minimum Gasteiger partial charge on any atom is -0.317 e. The molecule has 3 aromatic rings. The molecule has 5 rings (SSSR count). The number of carbonyl (C=O) groups is 1. The molecular weight excluding hydrogens is 425 g/mol. The first-order valence-corrected chi connectivity index (χ1v) is 10.7. The number of hydrogen-bond acceptors (Lipinski definition) is 4. The number of thioether (sulfide) groups is 1. The SMILES string of the molecule is Cc1ccc(-n2cccc2/C=C2\C(=N)N3N=C(c4ccccc4F)SC3=NC2=O)cc1C. The molecule has 0 atom stereocenters. The van der Waals surface area contributed by atoms with Gasteiger partial charge in [-0.1, -0.05) is 18.2 Å². The molecule has 32 heavy (non-hydrogen) atoms. The highest BCUT2D eigenvalue weighted by Gasteiger charge is 2.36. The van der Waals surface area contributed by atoms with Gasteiger partial charge in [0.25, 0.3) is 5.91 Å². The molecule has 158 valence electrons. The number of benzene rings is 2. The van der Waals surface area contributed by atoms with Gasteiger partial charge >= 0.3 is 0 Å².